The van der Waals surface area contributed by atoms with Crippen LogP contribution in [0.3, 0.4) is 0 Å². The number of hydrogen-bond acceptors (Lipinski definition) is 1. The molecule has 1 aliphatic carbocycles. The molecule has 2 heteroatoms. The lowest BCUT2D eigenvalue weighted by atomic mass is 10.3. The summed E-state index contributed by atoms with van der Waals surface area (Å²) in [6.07, 6.45) is 2.84. The smallest absolute Gasteiger partial charge is 0.223 e. The summed E-state index contributed by atoms with van der Waals surface area (Å²) in [5, 5.41) is 2.60. The molecular weight excluding hydrogens is 114 g/mol. The van der Waals surface area contributed by atoms with Crippen LogP contribution in [-0.2, 0) is 4.79 Å². The van der Waals surface area contributed by atoms with Gasteiger partial charge in [0.05, 0.1) is 0 Å². The lowest BCUT2D eigenvalue weighted by Gasteiger charge is -1.92. The second-order valence-corrected chi connectivity index (χ2v) is 2.36. The Kier molecular flexibility index (Phi) is 1.56. The van der Waals surface area contributed by atoms with Crippen LogP contribution in [0.5, 0.6) is 0 Å². The molecule has 0 unspecified atom stereocenters. The Labute approximate surface area is 54.9 Å². The number of allylic oxidation sites excluding steroid dienone is 1. The van der Waals surface area contributed by atoms with Gasteiger partial charge in [0, 0.05) is 13.0 Å². The fraction of sp³-hybridized carbons (Fsp3) is 0.571. The van der Waals surface area contributed by atoms with Crippen molar-refractivity contribution in [1.82, 2.24) is 5.32 Å². The van der Waals surface area contributed by atoms with Gasteiger partial charge in [-0.05, 0) is 12.3 Å². The quantitative estimate of drug-likeness (QED) is 0.537. The lowest BCUT2D eigenvalue weighted by molar-refractivity contribution is -0.122. The number of carbonyl (C=O) groups is 1. The third-order valence-electron chi connectivity index (χ3n) is 1.73. The normalized spacial score (nSPS) is 31.2. The molecule has 1 fully saturated rings. The first-order valence-corrected chi connectivity index (χ1v) is 3.13. The minimum atomic E-state index is 0.153. The highest BCUT2D eigenvalue weighted by atomic mass is 16.1. The largest absolute Gasteiger partial charge is 0.359 e. The molecule has 2 atom stereocenters. The van der Waals surface area contributed by atoms with Crippen molar-refractivity contribution in [3.63, 3.8) is 0 Å². The van der Waals surface area contributed by atoms with Gasteiger partial charge < -0.3 is 5.32 Å². The van der Waals surface area contributed by atoms with E-state index in [1.165, 1.54) is 0 Å². The van der Waals surface area contributed by atoms with Crippen molar-refractivity contribution in [3.05, 3.63) is 12.7 Å². The van der Waals surface area contributed by atoms with Crippen LogP contribution in [0.15, 0.2) is 12.7 Å². The molecule has 9 heavy (non-hydrogen) atoms. The molecule has 1 saturated carbocycles. The van der Waals surface area contributed by atoms with Crippen molar-refractivity contribution in [1.29, 1.82) is 0 Å². The predicted octanol–water partition coefficient (Wildman–Crippen LogP) is 0.554. The Morgan fingerprint density at radius 1 is 1.89 bits per heavy atom. The van der Waals surface area contributed by atoms with Gasteiger partial charge in [0.1, 0.15) is 0 Å². The zero-order chi connectivity index (χ0) is 6.85. The first kappa shape index (κ1) is 6.33. The summed E-state index contributed by atoms with van der Waals surface area (Å²) in [4.78, 5) is 10.8. The van der Waals surface area contributed by atoms with Crippen LogP contribution in [0.2, 0.25) is 0 Å². The van der Waals surface area contributed by atoms with E-state index in [4.69, 9.17) is 0 Å². The molecule has 0 saturated heterocycles. The van der Waals surface area contributed by atoms with Crippen molar-refractivity contribution in [2.45, 2.75) is 6.42 Å². The van der Waals surface area contributed by atoms with Crippen LogP contribution in [0, 0.1) is 11.8 Å². The summed E-state index contributed by atoms with van der Waals surface area (Å²) in [7, 11) is 1.67. The Bertz CT molecular complexity index is 142. The second-order valence-electron chi connectivity index (χ2n) is 2.36. The highest BCUT2D eigenvalue weighted by Crippen LogP contribution is 2.38. The lowest BCUT2D eigenvalue weighted by Crippen LogP contribution is -2.20. The van der Waals surface area contributed by atoms with E-state index in [2.05, 4.69) is 11.9 Å². The van der Waals surface area contributed by atoms with Crippen LogP contribution in [0.25, 0.3) is 0 Å². The first-order chi connectivity index (χ1) is 4.29. The van der Waals surface area contributed by atoms with Gasteiger partial charge in [-0.1, -0.05) is 6.08 Å². The maximum absolute atomic E-state index is 10.8. The summed E-state index contributed by atoms with van der Waals surface area (Å²) in [5.74, 6) is 0.831. The minimum Gasteiger partial charge on any atom is -0.359 e. The highest BCUT2D eigenvalue weighted by Gasteiger charge is 2.39. The van der Waals surface area contributed by atoms with E-state index >= 15 is 0 Å². The van der Waals surface area contributed by atoms with E-state index in [-0.39, 0.29) is 11.8 Å². The van der Waals surface area contributed by atoms with Gasteiger partial charge >= 0.3 is 0 Å². The molecule has 1 rings (SSSR count). The van der Waals surface area contributed by atoms with Crippen molar-refractivity contribution < 1.29 is 4.79 Å². The average Bonchev–Trinajstić information content (AvgIpc) is 2.64. The van der Waals surface area contributed by atoms with Crippen LogP contribution in [0.1, 0.15) is 6.42 Å². The van der Waals surface area contributed by atoms with Crippen molar-refractivity contribution in [3.8, 4) is 0 Å². The van der Waals surface area contributed by atoms with Crippen molar-refractivity contribution >= 4 is 5.91 Å². The monoisotopic (exact) mass is 125 g/mol. The molecule has 0 aromatic heterocycles. The SMILES string of the molecule is C=C[C@@H]1C[C@H]1C(=O)NC. The van der Waals surface area contributed by atoms with E-state index in [0.29, 0.717) is 5.92 Å². The zero-order valence-electron chi connectivity index (χ0n) is 5.55. The van der Waals surface area contributed by atoms with Crippen LogP contribution >= 0.6 is 0 Å². The molecule has 2 nitrogen and oxygen atoms in total. The maximum Gasteiger partial charge on any atom is 0.223 e. The summed E-state index contributed by atoms with van der Waals surface area (Å²) in [5.41, 5.74) is 0. The van der Waals surface area contributed by atoms with Crippen molar-refractivity contribution in [2.24, 2.45) is 11.8 Å². The Balaban J connectivity index is 2.33. The molecule has 1 N–H and O–H groups in total. The standard InChI is InChI=1S/C7H11NO/c1-3-5-4-6(5)7(9)8-2/h3,5-6H,1,4H2,2H3,(H,8,9)/t5-,6-/m1/s1. The Morgan fingerprint density at radius 3 is 2.89 bits per heavy atom. The van der Waals surface area contributed by atoms with Gasteiger partial charge in [-0.3, -0.25) is 4.79 Å². The number of amides is 1. The fourth-order valence-electron chi connectivity index (χ4n) is 0.962. The van der Waals surface area contributed by atoms with Crippen molar-refractivity contribution in [2.75, 3.05) is 7.05 Å². The summed E-state index contributed by atoms with van der Waals surface area (Å²) in [6.45, 7) is 3.61. The molecule has 0 radical (unpaired) electrons. The molecule has 1 amide bonds. The molecule has 0 heterocycles. The van der Waals surface area contributed by atoms with Crippen LogP contribution < -0.4 is 5.32 Å². The molecule has 0 aliphatic heterocycles. The minimum absolute atomic E-state index is 0.153. The Morgan fingerprint density at radius 2 is 2.56 bits per heavy atom. The predicted molar refractivity (Wildman–Crippen MR) is 35.9 cm³/mol. The van der Waals surface area contributed by atoms with Gasteiger partial charge in [0.2, 0.25) is 5.91 Å². The third-order valence-corrected chi connectivity index (χ3v) is 1.73. The summed E-state index contributed by atoms with van der Waals surface area (Å²) >= 11 is 0. The molecule has 0 bridgehead atoms. The molecular formula is C7H11NO. The molecule has 0 aromatic rings. The van der Waals surface area contributed by atoms with Gasteiger partial charge in [0.25, 0.3) is 0 Å². The number of rotatable bonds is 2. The second kappa shape index (κ2) is 2.21. The third kappa shape index (κ3) is 1.12. The number of hydrogen-bond donors (Lipinski definition) is 1. The van der Waals surface area contributed by atoms with E-state index in [1.54, 1.807) is 7.05 Å². The first-order valence-electron chi connectivity index (χ1n) is 3.13. The van der Waals surface area contributed by atoms with Gasteiger partial charge in [-0.15, -0.1) is 6.58 Å². The number of nitrogens with one attached hydrogen (secondary N) is 1. The molecule has 1 aliphatic rings. The van der Waals surface area contributed by atoms with E-state index < -0.39 is 0 Å². The fourth-order valence-corrected chi connectivity index (χ4v) is 0.962. The molecule has 0 spiro atoms. The average molecular weight is 125 g/mol. The number of carbonyl (C=O) groups excluding carboxylic acids is 1. The Hall–Kier alpha value is -0.790. The van der Waals surface area contributed by atoms with E-state index in [9.17, 15) is 4.79 Å². The van der Waals surface area contributed by atoms with Crippen LogP contribution in [0.4, 0.5) is 0 Å². The topological polar surface area (TPSA) is 29.1 Å². The zero-order valence-corrected chi connectivity index (χ0v) is 5.55. The summed E-state index contributed by atoms with van der Waals surface area (Å²) in [6, 6.07) is 0. The van der Waals surface area contributed by atoms with E-state index in [0.717, 1.165) is 6.42 Å². The van der Waals surface area contributed by atoms with Crippen LogP contribution in [-0.4, -0.2) is 13.0 Å². The highest BCUT2D eigenvalue weighted by molar-refractivity contribution is 5.81. The van der Waals surface area contributed by atoms with E-state index in [1.807, 2.05) is 6.08 Å². The summed E-state index contributed by atoms with van der Waals surface area (Å²) < 4.78 is 0. The van der Waals surface area contributed by atoms with Gasteiger partial charge in [-0.2, -0.15) is 0 Å². The molecule has 0 aromatic carbocycles. The van der Waals surface area contributed by atoms with Gasteiger partial charge in [0.15, 0.2) is 0 Å². The molecule has 50 valence electrons. The van der Waals surface area contributed by atoms with Gasteiger partial charge in [-0.25, -0.2) is 0 Å². The maximum atomic E-state index is 10.8.